The average Bonchev–Trinajstić information content (AvgIpc) is 3.04. The van der Waals surface area contributed by atoms with Gasteiger partial charge in [-0.25, -0.2) is 0 Å². The van der Waals surface area contributed by atoms with E-state index < -0.39 is 0 Å². The Balaban J connectivity index is 1.67. The van der Waals surface area contributed by atoms with Gasteiger partial charge in [-0.2, -0.15) is 0 Å². The molecule has 0 bridgehead atoms. The lowest BCUT2D eigenvalue weighted by atomic mass is 10.0. The predicted molar refractivity (Wildman–Crippen MR) is 75.2 cm³/mol. The van der Waals surface area contributed by atoms with Crippen molar-refractivity contribution in [2.24, 2.45) is 11.3 Å². The third kappa shape index (κ3) is 2.68. The van der Waals surface area contributed by atoms with E-state index in [0.29, 0.717) is 17.2 Å². The molecule has 18 heavy (non-hydrogen) atoms. The molecule has 0 radical (unpaired) electrons. The van der Waals surface area contributed by atoms with E-state index >= 15 is 0 Å². The number of carbonyl (C=O) groups is 1. The van der Waals surface area contributed by atoms with Gasteiger partial charge in [0.1, 0.15) is 0 Å². The van der Waals surface area contributed by atoms with Gasteiger partial charge in [-0.1, -0.05) is 38.2 Å². The zero-order valence-corrected chi connectivity index (χ0v) is 11.7. The van der Waals surface area contributed by atoms with Gasteiger partial charge in [-0.15, -0.1) is 0 Å². The monoisotopic (exact) mass is 247 g/mol. The van der Waals surface area contributed by atoms with Crippen molar-refractivity contribution in [3.05, 3.63) is 24.3 Å². The minimum absolute atomic E-state index is 0.364. The van der Waals surface area contributed by atoms with Crippen LogP contribution in [-0.4, -0.2) is 23.9 Å². The summed E-state index contributed by atoms with van der Waals surface area (Å²) in [6.45, 7) is 6.18. The fourth-order valence-corrected chi connectivity index (χ4v) is 3.00. The Labute approximate surface area is 111 Å². The molecule has 2 fully saturated rings. The minimum Gasteiger partial charge on any atom is -0.338 e. The molecule has 2 rings (SSSR count). The summed E-state index contributed by atoms with van der Waals surface area (Å²) in [4.78, 5) is 14.0. The summed E-state index contributed by atoms with van der Waals surface area (Å²) in [7, 11) is 0. The van der Waals surface area contributed by atoms with Crippen LogP contribution in [0.1, 0.15) is 46.0 Å². The molecule has 0 aromatic heterocycles. The molecule has 1 saturated heterocycles. The summed E-state index contributed by atoms with van der Waals surface area (Å²) in [5, 5.41) is 0. The Bertz CT molecular complexity index is 358. The SMILES string of the molecule is CC/C=C\CC/C=C/CN1CC2(CC)CC2C1=O. The molecule has 1 amide bonds. The van der Waals surface area contributed by atoms with Gasteiger partial charge in [0.05, 0.1) is 0 Å². The Kier molecular flexibility index (Phi) is 4.26. The van der Waals surface area contributed by atoms with Gasteiger partial charge in [0.25, 0.3) is 0 Å². The molecule has 2 aliphatic rings. The van der Waals surface area contributed by atoms with Crippen LogP contribution in [0, 0.1) is 11.3 Å². The van der Waals surface area contributed by atoms with Crippen LogP contribution in [-0.2, 0) is 4.79 Å². The summed E-state index contributed by atoms with van der Waals surface area (Å²) >= 11 is 0. The lowest BCUT2D eigenvalue weighted by molar-refractivity contribution is -0.129. The smallest absolute Gasteiger partial charge is 0.226 e. The van der Waals surface area contributed by atoms with Gasteiger partial charge >= 0.3 is 0 Å². The zero-order valence-electron chi connectivity index (χ0n) is 11.7. The standard InChI is InChI=1S/C16H25NO/c1-3-5-6-7-8-9-10-11-17-13-16(4-2)12-14(16)15(17)18/h5-6,9-10,14H,3-4,7-8,11-13H2,1-2H3/b6-5-,10-9+. The van der Waals surface area contributed by atoms with Crippen molar-refractivity contribution in [3.63, 3.8) is 0 Å². The fourth-order valence-electron chi connectivity index (χ4n) is 3.00. The molecule has 1 aliphatic heterocycles. The maximum atomic E-state index is 12.0. The number of nitrogens with zero attached hydrogens (tertiary/aromatic N) is 1. The van der Waals surface area contributed by atoms with Crippen molar-refractivity contribution in [1.29, 1.82) is 0 Å². The molecular weight excluding hydrogens is 222 g/mol. The molecule has 1 saturated carbocycles. The molecule has 0 spiro atoms. The summed E-state index contributed by atoms with van der Waals surface area (Å²) in [5.41, 5.74) is 0.370. The number of likely N-dealkylation sites (tertiary alicyclic amines) is 1. The van der Waals surface area contributed by atoms with Gasteiger partial charge in [-0.05, 0) is 32.1 Å². The first-order valence-electron chi connectivity index (χ1n) is 7.32. The molecule has 2 atom stereocenters. The largest absolute Gasteiger partial charge is 0.338 e. The number of hydrogen-bond acceptors (Lipinski definition) is 1. The number of allylic oxidation sites excluding steroid dienone is 3. The number of unbranched alkanes of at least 4 members (excludes halogenated alkanes) is 1. The third-order valence-corrected chi connectivity index (χ3v) is 4.40. The first-order valence-corrected chi connectivity index (χ1v) is 7.32. The van der Waals surface area contributed by atoms with Gasteiger partial charge < -0.3 is 4.90 Å². The first-order chi connectivity index (χ1) is 8.73. The van der Waals surface area contributed by atoms with Gasteiger partial charge in [0.2, 0.25) is 5.91 Å². The Morgan fingerprint density at radius 2 is 1.94 bits per heavy atom. The van der Waals surface area contributed by atoms with Gasteiger partial charge in [0, 0.05) is 24.4 Å². The third-order valence-electron chi connectivity index (χ3n) is 4.40. The maximum absolute atomic E-state index is 12.0. The van der Waals surface area contributed by atoms with E-state index in [-0.39, 0.29) is 0 Å². The average molecular weight is 247 g/mol. The summed E-state index contributed by atoms with van der Waals surface area (Å²) in [6.07, 6.45) is 14.4. The van der Waals surface area contributed by atoms with Crippen LogP contribution in [0.25, 0.3) is 0 Å². The topological polar surface area (TPSA) is 20.3 Å². The van der Waals surface area contributed by atoms with Gasteiger partial charge in [0.15, 0.2) is 0 Å². The normalized spacial score (nSPS) is 30.7. The number of amides is 1. The van der Waals surface area contributed by atoms with Crippen LogP contribution in [0.3, 0.4) is 0 Å². The van der Waals surface area contributed by atoms with E-state index in [1.807, 2.05) is 4.90 Å². The summed E-state index contributed by atoms with van der Waals surface area (Å²) < 4.78 is 0. The Morgan fingerprint density at radius 3 is 2.56 bits per heavy atom. The van der Waals surface area contributed by atoms with Crippen molar-refractivity contribution in [1.82, 2.24) is 4.90 Å². The molecule has 0 N–H and O–H groups in total. The molecule has 0 aromatic rings. The molecule has 2 unspecified atom stereocenters. The predicted octanol–water partition coefficient (Wildman–Crippen LogP) is 3.55. The Hall–Kier alpha value is -1.05. The first kappa shape index (κ1) is 13.4. The maximum Gasteiger partial charge on any atom is 0.226 e. The number of carbonyl (C=O) groups excluding carboxylic acids is 1. The highest BCUT2D eigenvalue weighted by Gasteiger charge is 2.63. The lowest BCUT2D eigenvalue weighted by Crippen LogP contribution is -2.29. The highest BCUT2D eigenvalue weighted by atomic mass is 16.2. The number of hydrogen-bond donors (Lipinski definition) is 0. The highest BCUT2D eigenvalue weighted by Crippen LogP contribution is 2.60. The van der Waals surface area contributed by atoms with E-state index in [2.05, 4.69) is 38.2 Å². The Morgan fingerprint density at radius 1 is 1.22 bits per heavy atom. The van der Waals surface area contributed by atoms with E-state index in [9.17, 15) is 4.79 Å². The molecule has 100 valence electrons. The van der Waals surface area contributed by atoms with Crippen LogP contribution in [0.2, 0.25) is 0 Å². The number of piperidine rings is 1. The summed E-state index contributed by atoms with van der Waals surface area (Å²) in [5.74, 6) is 0.760. The second-order valence-electron chi connectivity index (χ2n) is 5.62. The van der Waals surface area contributed by atoms with Crippen molar-refractivity contribution in [3.8, 4) is 0 Å². The van der Waals surface area contributed by atoms with Crippen molar-refractivity contribution >= 4 is 5.91 Å². The molecule has 2 nitrogen and oxygen atoms in total. The van der Waals surface area contributed by atoms with Crippen LogP contribution in [0.5, 0.6) is 0 Å². The van der Waals surface area contributed by atoms with E-state index in [0.717, 1.165) is 45.2 Å². The molecular formula is C16H25NO. The summed E-state index contributed by atoms with van der Waals surface area (Å²) in [6, 6.07) is 0. The van der Waals surface area contributed by atoms with Crippen molar-refractivity contribution in [2.45, 2.75) is 46.0 Å². The van der Waals surface area contributed by atoms with E-state index in [1.165, 1.54) is 0 Å². The van der Waals surface area contributed by atoms with Crippen LogP contribution < -0.4 is 0 Å². The quantitative estimate of drug-likeness (QED) is 0.497. The van der Waals surface area contributed by atoms with Crippen LogP contribution in [0.4, 0.5) is 0 Å². The van der Waals surface area contributed by atoms with Crippen LogP contribution in [0.15, 0.2) is 24.3 Å². The fraction of sp³-hybridized carbons (Fsp3) is 0.688. The van der Waals surface area contributed by atoms with E-state index in [1.54, 1.807) is 0 Å². The van der Waals surface area contributed by atoms with Gasteiger partial charge in [-0.3, -0.25) is 4.79 Å². The molecule has 1 heterocycles. The van der Waals surface area contributed by atoms with Crippen LogP contribution >= 0.6 is 0 Å². The second kappa shape index (κ2) is 5.73. The van der Waals surface area contributed by atoms with E-state index in [4.69, 9.17) is 0 Å². The van der Waals surface area contributed by atoms with Crippen molar-refractivity contribution < 1.29 is 4.79 Å². The molecule has 2 heteroatoms. The number of fused-ring (bicyclic) bond motifs is 1. The zero-order chi connectivity index (χ0) is 13.0. The highest BCUT2D eigenvalue weighted by molar-refractivity contribution is 5.86. The number of rotatable bonds is 7. The molecule has 1 aliphatic carbocycles. The minimum atomic E-state index is 0.364. The molecule has 0 aromatic carbocycles. The lowest BCUT2D eigenvalue weighted by Gasteiger charge is -2.18. The second-order valence-corrected chi connectivity index (χ2v) is 5.62. The van der Waals surface area contributed by atoms with Crippen molar-refractivity contribution in [2.75, 3.05) is 13.1 Å².